The average molecular weight is 453 g/mol. The molecule has 2 aliphatic rings. The van der Waals surface area contributed by atoms with Crippen LogP contribution in [0.5, 0.6) is 0 Å². The minimum Gasteiger partial charge on any atom is -0.325 e. The highest BCUT2D eigenvalue weighted by Crippen LogP contribution is 2.38. The number of nitrogens with one attached hydrogen (secondary N) is 3. The zero-order valence-corrected chi connectivity index (χ0v) is 19.0. The standard InChI is InChI=1S/C23H28N6O4/c1-14-6-4-5-11-23(14)21(32)28(22(33)26-23)13-20(31)25-17-7-9-18(10-8-17)29-19(24-16(3)30)12-15(2)27-29/h7-10,12,14H,4-6,11,13H2,1-3H3,(H,24,30)(H,25,31)(H,26,33)/t14-,23-/m1/s1. The van der Waals surface area contributed by atoms with Gasteiger partial charge in [-0.1, -0.05) is 19.8 Å². The number of benzene rings is 1. The first kappa shape index (κ1) is 22.5. The summed E-state index contributed by atoms with van der Waals surface area (Å²) in [6.45, 7) is 4.88. The smallest absolute Gasteiger partial charge is 0.325 e. The largest absolute Gasteiger partial charge is 0.325 e. The lowest BCUT2D eigenvalue weighted by Gasteiger charge is -2.36. The molecule has 1 spiro atoms. The van der Waals surface area contributed by atoms with E-state index in [1.54, 1.807) is 35.0 Å². The van der Waals surface area contributed by atoms with Crippen LogP contribution in [0.1, 0.15) is 45.2 Å². The molecule has 2 atom stereocenters. The molecule has 1 aliphatic heterocycles. The van der Waals surface area contributed by atoms with Crippen LogP contribution in [0.3, 0.4) is 0 Å². The van der Waals surface area contributed by atoms with Crippen molar-refractivity contribution >= 4 is 35.3 Å². The van der Waals surface area contributed by atoms with Gasteiger partial charge in [0.2, 0.25) is 11.8 Å². The van der Waals surface area contributed by atoms with Gasteiger partial charge in [0.1, 0.15) is 17.9 Å². The molecule has 2 heterocycles. The molecule has 0 unspecified atom stereocenters. The molecule has 0 radical (unpaired) electrons. The van der Waals surface area contributed by atoms with Crippen molar-refractivity contribution in [3.63, 3.8) is 0 Å². The number of urea groups is 1. The summed E-state index contributed by atoms with van der Waals surface area (Å²) in [6, 6.07) is 8.13. The van der Waals surface area contributed by atoms with Crippen LogP contribution in [-0.2, 0) is 14.4 Å². The van der Waals surface area contributed by atoms with Gasteiger partial charge in [0, 0.05) is 18.7 Å². The molecular formula is C23H28N6O4. The van der Waals surface area contributed by atoms with Crippen LogP contribution in [0.25, 0.3) is 5.69 Å². The number of carbonyl (C=O) groups excluding carboxylic acids is 4. The molecule has 1 aromatic carbocycles. The van der Waals surface area contributed by atoms with Crippen molar-refractivity contribution < 1.29 is 19.2 Å². The van der Waals surface area contributed by atoms with Gasteiger partial charge >= 0.3 is 6.03 Å². The van der Waals surface area contributed by atoms with Crippen LogP contribution in [0.4, 0.5) is 16.3 Å². The van der Waals surface area contributed by atoms with Crippen molar-refractivity contribution in [1.29, 1.82) is 0 Å². The van der Waals surface area contributed by atoms with E-state index in [0.29, 0.717) is 23.6 Å². The number of anilines is 2. The monoisotopic (exact) mass is 452 g/mol. The van der Waals surface area contributed by atoms with Crippen molar-refractivity contribution in [3.8, 4) is 5.69 Å². The van der Waals surface area contributed by atoms with Gasteiger partial charge in [0.15, 0.2) is 0 Å². The predicted octanol–water partition coefficient (Wildman–Crippen LogP) is 2.58. The number of imide groups is 1. The van der Waals surface area contributed by atoms with Crippen molar-refractivity contribution in [3.05, 3.63) is 36.0 Å². The maximum absolute atomic E-state index is 13.0. The molecule has 1 aromatic heterocycles. The first-order chi connectivity index (χ1) is 15.7. The summed E-state index contributed by atoms with van der Waals surface area (Å²) < 4.78 is 1.60. The molecular weight excluding hydrogens is 424 g/mol. The van der Waals surface area contributed by atoms with Gasteiger partial charge in [-0.3, -0.25) is 19.3 Å². The Morgan fingerprint density at radius 3 is 2.58 bits per heavy atom. The number of aryl methyl sites for hydroxylation is 1. The summed E-state index contributed by atoms with van der Waals surface area (Å²) in [4.78, 5) is 50.5. The fraction of sp³-hybridized carbons (Fsp3) is 0.435. The van der Waals surface area contributed by atoms with Gasteiger partial charge in [-0.05, 0) is 49.9 Å². The second-order valence-corrected chi connectivity index (χ2v) is 8.80. The molecule has 10 nitrogen and oxygen atoms in total. The van der Waals surface area contributed by atoms with E-state index in [9.17, 15) is 19.2 Å². The van der Waals surface area contributed by atoms with Crippen LogP contribution in [0.2, 0.25) is 0 Å². The summed E-state index contributed by atoms with van der Waals surface area (Å²) in [5, 5.41) is 12.7. The van der Waals surface area contributed by atoms with Crippen LogP contribution in [0.15, 0.2) is 30.3 Å². The highest BCUT2D eigenvalue weighted by atomic mass is 16.2. The summed E-state index contributed by atoms with van der Waals surface area (Å²) >= 11 is 0. The second-order valence-electron chi connectivity index (χ2n) is 8.80. The third-order valence-electron chi connectivity index (χ3n) is 6.33. The Morgan fingerprint density at radius 2 is 1.91 bits per heavy atom. The van der Waals surface area contributed by atoms with Crippen molar-refractivity contribution in [1.82, 2.24) is 20.0 Å². The quantitative estimate of drug-likeness (QED) is 0.601. The second kappa shape index (κ2) is 8.68. The van der Waals surface area contributed by atoms with Crippen molar-refractivity contribution in [2.45, 2.75) is 52.0 Å². The molecule has 33 heavy (non-hydrogen) atoms. The number of hydrogen-bond donors (Lipinski definition) is 3. The summed E-state index contributed by atoms with van der Waals surface area (Å²) in [6.07, 6.45) is 3.39. The normalized spacial score (nSPS) is 22.4. The molecule has 10 heteroatoms. The van der Waals surface area contributed by atoms with Crippen LogP contribution in [0, 0.1) is 12.8 Å². The summed E-state index contributed by atoms with van der Waals surface area (Å²) in [5.74, 6) is -0.395. The molecule has 174 valence electrons. The number of nitrogens with zero attached hydrogens (tertiary/aromatic N) is 3. The van der Waals surface area contributed by atoms with Crippen LogP contribution < -0.4 is 16.0 Å². The zero-order chi connectivity index (χ0) is 23.8. The van der Waals surface area contributed by atoms with E-state index in [1.165, 1.54) is 6.92 Å². The van der Waals surface area contributed by atoms with Gasteiger partial charge in [-0.15, -0.1) is 0 Å². The summed E-state index contributed by atoms with van der Waals surface area (Å²) in [7, 11) is 0. The Kier molecular flexibility index (Phi) is 5.92. The number of amides is 5. The zero-order valence-electron chi connectivity index (χ0n) is 19.0. The first-order valence-corrected chi connectivity index (χ1v) is 11.1. The van der Waals surface area contributed by atoms with E-state index in [1.807, 2.05) is 13.8 Å². The fourth-order valence-corrected chi connectivity index (χ4v) is 4.63. The topological polar surface area (TPSA) is 125 Å². The third-order valence-corrected chi connectivity index (χ3v) is 6.33. The SMILES string of the molecule is CC(=O)Nc1cc(C)nn1-c1ccc(NC(=O)CN2C(=O)N[C@@]3(CCCC[C@H]3C)C2=O)cc1. The molecule has 1 saturated heterocycles. The maximum Gasteiger partial charge on any atom is 0.325 e. The van der Waals surface area contributed by atoms with Gasteiger partial charge < -0.3 is 16.0 Å². The number of hydrogen-bond acceptors (Lipinski definition) is 5. The highest BCUT2D eigenvalue weighted by Gasteiger charge is 2.55. The first-order valence-electron chi connectivity index (χ1n) is 11.1. The molecule has 2 fully saturated rings. The third kappa shape index (κ3) is 4.33. The maximum atomic E-state index is 13.0. The van der Waals surface area contributed by atoms with E-state index in [-0.39, 0.29) is 24.3 Å². The van der Waals surface area contributed by atoms with Crippen molar-refractivity contribution in [2.75, 3.05) is 17.2 Å². The lowest BCUT2D eigenvalue weighted by atomic mass is 9.73. The minimum absolute atomic E-state index is 0.0385. The van der Waals surface area contributed by atoms with E-state index in [4.69, 9.17) is 0 Å². The summed E-state index contributed by atoms with van der Waals surface area (Å²) in [5.41, 5.74) is 1.08. The van der Waals surface area contributed by atoms with Crippen LogP contribution in [-0.4, -0.2) is 50.5 Å². The van der Waals surface area contributed by atoms with Gasteiger partial charge in [0.25, 0.3) is 5.91 Å². The molecule has 5 amide bonds. The predicted molar refractivity (Wildman–Crippen MR) is 122 cm³/mol. The van der Waals surface area contributed by atoms with Crippen LogP contribution >= 0.6 is 0 Å². The van der Waals surface area contributed by atoms with Gasteiger partial charge in [-0.2, -0.15) is 5.10 Å². The lowest BCUT2D eigenvalue weighted by Crippen LogP contribution is -2.54. The molecule has 0 bridgehead atoms. The molecule has 1 aliphatic carbocycles. The van der Waals surface area contributed by atoms with Gasteiger partial charge in [-0.25, -0.2) is 9.48 Å². The average Bonchev–Trinajstić information content (AvgIpc) is 3.23. The van der Waals surface area contributed by atoms with Gasteiger partial charge in [0.05, 0.1) is 11.4 Å². The highest BCUT2D eigenvalue weighted by molar-refractivity contribution is 6.10. The Balaban J connectivity index is 1.42. The minimum atomic E-state index is -0.884. The number of aromatic nitrogens is 2. The number of rotatable bonds is 5. The molecule has 3 N–H and O–H groups in total. The Bertz CT molecular complexity index is 1110. The molecule has 2 aromatic rings. The Labute approximate surface area is 191 Å². The van der Waals surface area contributed by atoms with E-state index in [2.05, 4.69) is 21.0 Å². The van der Waals surface area contributed by atoms with E-state index >= 15 is 0 Å². The number of carbonyl (C=O) groups is 4. The Hall–Kier alpha value is -3.69. The fourth-order valence-electron chi connectivity index (χ4n) is 4.63. The van der Waals surface area contributed by atoms with E-state index in [0.717, 1.165) is 29.9 Å². The Morgan fingerprint density at radius 1 is 1.18 bits per heavy atom. The van der Waals surface area contributed by atoms with E-state index < -0.39 is 17.5 Å². The lowest BCUT2D eigenvalue weighted by molar-refractivity contribution is -0.136. The van der Waals surface area contributed by atoms with Crippen molar-refractivity contribution in [2.24, 2.45) is 5.92 Å². The molecule has 1 saturated carbocycles. The molecule has 4 rings (SSSR count).